The Morgan fingerprint density at radius 1 is 1.14 bits per heavy atom. The second-order valence-corrected chi connectivity index (χ2v) is 5.10. The summed E-state index contributed by atoms with van der Waals surface area (Å²) in [5.41, 5.74) is 0. The van der Waals surface area contributed by atoms with Gasteiger partial charge in [0.05, 0.1) is 12.2 Å². The second-order valence-electron chi connectivity index (χ2n) is 5.10. The zero-order chi connectivity index (χ0) is 11.0. The maximum atomic E-state index is 9.88. The topological polar surface area (TPSA) is 61.7 Å². The van der Waals surface area contributed by atoms with Crippen molar-refractivity contribution in [2.45, 2.75) is 23.0 Å². The fourth-order valence-electron chi connectivity index (χ4n) is 1.75. The van der Waals surface area contributed by atoms with Crippen molar-refractivity contribution in [2.24, 2.45) is 0 Å². The van der Waals surface area contributed by atoms with E-state index >= 15 is 0 Å². The predicted octanol–water partition coefficient (Wildman–Crippen LogP) is -5.83. The van der Waals surface area contributed by atoms with E-state index in [1.807, 2.05) is 0 Å². The molecule has 0 aliphatic carbocycles. The molecule has 0 radical (unpaired) electrons. The monoisotopic (exact) mass is 195 g/mol. The van der Waals surface area contributed by atoms with Gasteiger partial charge in [-0.3, -0.25) is 0 Å². The smallest absolute Gasteiger partial charge is 0.135 e. The summed E-state index contributed by atoms with van der Waals surface area (Å²) in [5, 5.41) is 20.8. The van der Waals surface area contributed by atoms with Gasteiger partial charge in [-0.05, 0) is 0 Å². The fourth-order valence-corrected chi connectivity index (χ4v) is 1.75. The zero-order valence-corrected chi connectivity index (χ0v) is 9.37. The molecular formula is C6H17B4NO3. The Hall–Kier alpha value is 0.0997. The lowest BCUT2D eigenvalue weighted by molar-refractivity contribution is -0.124. The van der Waals surface area contributed by atoms with E-state index < -0.39 is 16.9 Å². The lowest BCUT2D eigenvalue weighted by atomic mass is 9.49. The number of hydrogen-bond donors (Lipinski definition) is 3. The van der Waals surface area contributed by atoms with Crippen LogP contribution >= 0.6 is 0 Å². The Balaban J connectivity index is 2.61. The van der Waals surface area contributed by atoms with Crippen LogP contribution in [0.2, 0.25) is 0 Å². The van der Waals surface area contributed by atoms with Crippen LogP contribution in [0.15, 0.2) is 0 Å². The van der Waals surface area contributed by atoms with Crippen LogP contribution in [0.25, 0.3) is 0 Å². The molecule has 1 fully saturated rings. The van der Waals surface area contributed by atoms with Gasteiger partial charge in [0.1, 0.15) is 31.4 Å². The molecule has 0 aromatic heterocycles. The normalized spacial score (nSPS) is 19.6. The molecule has 4 nitrogen and oxygen atoms in total. The highest BCUT2D eigenvalue weighted by Gasteiger charge is 2.40. The molecule has 1 rings (SSSR count). The summed E-state index contributed by atoms with van der Waals surface area (Å²) >= 11 is 0. The first-order chi connectivity index (χ1) is 6.21. The molecule has 0 aromatic rings. The summed E-state index contributed by atoms with van der Waals surface area (Å²) in [5.74, 6) is 0. The zero-order valence-electron chi connectivity index (χ0n) is 9.37. The Labute approximate surface area is 88.4 Å². The van der Waals surface area contributed by atoms with E-state index in [1.54, 1.807) is 31.4 Å². The van der Waals surface area contributed by atoms with E-state index in [-0.39, 0.29) is 6.10 Å². The van der Waals surface area contributed by atoms with Crippen molar-refractivity contribution in [1.29, 1.82) is 0 Å². The maximum absolute atomic E-state index is 9.88. The van der Waals surface area contributed by atoms with Gasteiger partial charge in [0.2, 0.25) is 0 Å². The minimum Gasteiger partial charge on any atom is -0.405 e. The fraction of sp³-hybridized carbons (Fsp3) is 1.00. The number of rotatable bonds is 4. The predicted molar refractivity (Wildman–Crippen MR) is 65.6 cm³/mol. The van der Waals surface area contributed by atoms with E-state index in [1.165, 1.54) is 0 Å². The summed E-state index contributed by atoms with van der Waals surface area (Å²) < 4.78 is 5.65. The van der Waals surface area contributed by atoms with E-state index in [0.29, 0.717) is 0 Å². The van der Waals surface area contributed by atoms with Crippen LogP contribution in [0.3, 0.4) is 0 Å². The van der Waals surface area contributed by atoms with Crippen LogP contribution < -0.4 is 5.32 Å². The van der Waals surface area contributed by atoms with E-state index in [9.17, 15) is 10.2 Å². The first-order valence-corrected chi connectivity index (χ1v) is 5.02. The van der Waals surface area contributed by atoms with E-state index in [2.05, 4.69) is 5.32 Å². The second kappa shape index (κ2) is 3.93. The van der Waals surface area contributed by atoms with Crippen LogP contribution in [0.1, 0.15) is 0 Å². The molecule has 0 aromatic carbocycles. The highest BCUT2D eigenvalue weighted by Crippen LogP contribution is 2.19. The number of hydrogen-bond acceptors (Lipinski definition) is 4. The van der Waals surface area contributed by atoms with Gasteiger partial charge in [0, 0.05) is 23.9 Å². The van der Waals surface area contributed by atoms with Crippen LogP contribution in [0.4, 0.5) is 0 Å². The van der Waals surface area contributed by atoms with Crippen molar-refractivity contribution in [1.82, 2.24) is 5.32 Å². The minimum atomic E-state index is -1.03. The molecule has 0 saturated carbocycles. The molecule has 0 bridgehead atoms. The summed E-state index contributed by atoms with van der Waals surface area (Å²) in [7, 11) is 6.62. The maximum Gasteiger partial charge on any atom is 0.135 e. The Bertz CT molecular complexity index is 184. The molecule has 0 atom stereocenters. The number of aliphatic hydroxyl groups is 2. The standard InChI is InChI=1S/C6H17B4NO3/c7-5(8,12)4(6(9,10)13)14-3-1-11-2-3/h3-4,11-13H,1-2,7-10H2. The third-order valence-electron chi connectivity index (χ3n) is 2.36. The summed E-state index contributed by atoms with van der Waals surface area (Å²) in [6.45, 7) is 1.59. The minimum absolute atomic E-state index is 0.109. The van der Waals surface area contributed by atoms with Gasteiger partial charge in [0.15, 0.2) is 0 Å². The first kappa shape index (κ1) is 12.2. The van der Waals surface area contributed by atoms with Gasteiger partial charge >= 0.3 is 0 Å². The first-order valence-electron chi connectivity index (χ1n) is 5.02. The molecule has 0 spiro atoms. The van der Waals surface area contributed by atoms with Crippen molar-refractivity contribution in [2.75, 3.05) is 13.1 Å². The average molecular weight is 194 g/mol. The molecule has 14 heavy (non-hydrogen) atoms. The summed E-state index contributed by atoms with van der Waals surface area (Å²) in [4.78, 5) is 0. The van der Waals surface area contributed by atoms with Gasteiger partial charge in [0.25, 0.3) is 0 Å². The highest BCUT2D eigenvalue weighted by molar-refractivity contribution is 6.44. The van der Waals surface area contributed by atoms with Crippen molar-refractivity contribution in [3.63, 3.8) is 0 Å². The highest BCUT2D eigenvalue weighted by atomic mass is 16.5. The quantitative estimate of drug-likeness (QED) is 0.390. The summed E-state index contributed by atoms with van der Waals surface area (Å²) in [6.07, 6.45) is -0.458. The molecule has 1 aliphatic rings. The molecule has 1 aliphatic heterocycles. The molecule has 8 heteroatoms. The molecule has 0 unspecified atom stereocenters. The van der Waals surface area contributed by atoms with E-state index in [4.69, 9.17) is 4.74 Å². The van der Waals surface area contributed by atoms with Crippen molar-refractivity contribution >= 4 is 31.4 Å². The van der Waals surface area contributed by atoms with Gasteiger partial charge in [-0.15, -0.1) is 0 Å². The van der Waals surface area contributed by atoms with Crippen LogP contribution in [0, 0.1) is 0 Å². The van der Waals surface area contributed by atoms with Crippen molar-refractivity contribution in [3.05, 3.63) is 0 Å². The van der Waals surface area contributed by atoms with Crippen LogP contribution in [-0.2, 0) is 4.74 Å². The Kier molecular flexibility index (Phi) is 3.41. The Morgan fingerprint density at radius 2 is 1.57 bits per heavy atom. The van der Waals surface area contributed by atoms with Gasteiger partial charge in [-0.25, -0.2) is 0 Å². The average Bonchev–Trinajstić information content (AvgIpc) is 1.76. The molecule has 76 valence electrons. The lowest BCUT2D eigenvalue weighted by Crippen LogP contribution is -2.63. The van der Waals surface area contributed by atoms with Gasteiger partial charge < -0.3 is 20.3 Å². The third kappa shape index (κ3) is 3.05. The van der Waals surface area contributed by atoms with E-state index in [0.717, 1.165) is 13.1 Å². The molecule has 1 saturated heterocycles. The van der Waals surface area contributed by atoms with Crippen LogP contribution in [0.5, 0.6) is 0 Å². The SMILES string of the molecule is BC(B)(O)C(OC1CNC1)C(B)(B)O. The number of nitrogens with one attached hydrogen (secondary N) is 1. The molecule has 1 heterocycles. The number of ether oxygens (including phenoxy) is 1. The van der Waals surface area contributed by atoms with Crippen LogP contribution in [-0.4, -0.2) is 77.7 Å². The molecule has 3 N–H and O–H groups in total. The molecular weight excluding hydrogens is 177 g/mol. The van der Waals surface area contributed by atoms with Gasteiger partial charge in [-0.2, -0.15) is 0 Å². The van der Waals surface area contributed by atoms with Crippen molar-refractivity contribution in [3.8, 4) is 0 Å². The summed E-state index contributed by atoms with van der Waals surface area (Å²) in [6, 6.07) is 0. The van der Waals surface area contributed by atoms with Gasteiger partial charge in [-0.1, -0.05) is 0 Å². The van der Waals surface area contributed by atoms with Crippen molar-refractivity contribution < 1.29 is 14.9 Å². The molecule has 0 amide bonds. The third-order valence-corrected chi connectivity index (χ3v) is 2.36. The lowest BCUT2D eigenvalue weighted by Gasteiger charge is -2.43. The Morgan fingerprint density at radius 3 is 1.79 bits per heavy atom. The largest absolute Gasteiger partial charge is 0.405 e.